The first kappa shape index (κ1) is 20.2. The van der Waals surface area contributed by atoms with Crippen molar-refractivity contribution in [3.63, 3.8) is 0 Å². The summed E-state index contributed by atoms with van der Waals surface area (Å²) >= 11 is 0. The fourth-order valence-corrected chi connectivity index (χ4v) is 3.28. The molecule has 29 heavy (non-hydrogen) atoms. The van der Waals surface area contributed by atoms with Gasteiger partial charge in [0.05, 0.1) is 19.9 Å². The number of carbonyl (C=O) groups excluding carboxylic acids is 1. The molecule has 1 heterocycles. The van der Waals surface area contributed by atoms with Crippen LogP contribution in [0.25, 0.3) is 6.08 Å². The van der Waals surface area contributed by atoms with Crippen LogP contribution in [0.5, 0.6) is 11.5 Å². The minimum absolute atomic E-state index is 0.0385. The van der Waals surface area contributed by atoms with Gasteiger partial charge in [0.15, 0.2) is 11.5 Å². The Morgan fingerprint density at radius 1 is 1.07 bits per heavy atom. The molecule has 150 valence electrons. The maximum atomic E-state index is 14.0. The van der Waals surface area contributed by atoms with Crippen LogP contribution in [0.1, 0.15) is 5.56 Å². The number of para-hydroxylation sites is 1. The van der Waals surface area contributed by atoms with Gasteiger partial charge < -0.3 is 19.3 Å². The molecule has 0 aliphatic carbocycles. The Balaban J connectivity index is 1.72. The van der Waals surface area contributed by atoms with Gasteiger partial charge in [0.1, 0.15) is 17.5 Å². The number of hydrogen-bond acceptors (Lipinski definition) is 5. The third-order valence-electron chi connectivity index (χ3n) is 4.83. The van der Waals surface area contributed by atoms with Crippen molar-refractivity contribution in [3.8, 4) is 17.6 Å². The predicted octanol–water partition coefficient (Wildman–Crippen LogP) is 3.10. The molecule has 0 N–H and O–H groups in total. The molecule has 1 fully saturated rings. The molecule has 0 bridgehead atoms. The normalized spacial score (nSPS) is 14.3. The summed E-state index contributed by atoms with van der Waals surface area (Å²) in [5, 5.41) is 9.50. The Morgan fingerprint density at radius 2 is 1.76 bits per heavy atom. The van der Waals surface area contributed by atoms with Crippen LogP contribution >= 0.6 is 0 Å². The molecule has 7 heteroatoms. The lowest BCUT2D eigenvalue weighted by Gasteiger charge is -2.36. The smallest absolute Gasteiger partial charge is 0.264 e. The average Bonchev–Trinajstić information content (AvgIpc) is 2.77. The van der Waals surface area contributed by atoms with Gasteiger partial charge in [-0.2, -0.15) is 5.26 Å². The molecule has 0 spiro atoms. The van der Waals surface area contributed by atoms with Gasteiger partial charge in [-0.15, -0.1) is 0 Å². The minimum Gasteiger partial charge on any atom is -0.493 e. The Hall–Kier alpha value is -3.53. The van der Waals surface area contributed by atoms with E-state index in [0.717, 1.165) is 0 Å². The van der Waals surface area contributed by atoms with Gasteiger partial charge in [-0.05, 0) is 35.9 Å². The van der Waals surface area contributed by atoms with Crippen molar-refractivity contribution >= 4 is 17.7 Å². The zero-order valence-electron chi connectivity index (χ0n) is 16.4. The third-order valence-corrected chi connectivity index (χ3v) is 4.83. The maximum absolute atomic E-state index is 14.0. The van der Waals surface area contributed by atoms with E-state index in [1.165, 1.54) is 19.3 Å². The fourth-order valence-electron chi connectivity index (χ4n) is 3.28. The number of benzene rings is 2. The van der Waals surface area contributed by atoms with E-state index in [1.807, 2.05) is 11.0 Å². The topological polar surface area (TPSA) is 65.8 Å². The number of nitrogens with zero attached hydrogens (tertiary/aromatic N) is 3. The third kappa shape index (κ3) is 4.49. The molecule has 2 aromatic carbocycles. The molecule has 1 amide bonds. The summed E-state index contributed by atoms with van der Waals surface area (Å²) < 4.78 is 24.4. The zero-order chi connectivity index (χ0) is 20.8. The van der Waals surface area contributed by atoms with Crippen molar-refractivity contribution in [1.29, 1.82) is 5.26 Å². The summed E-state index contributed by atoms with van der Waals surface area (Å²) in [4.78, 5) is 16.3. The van der Waals surface area contributed by atoms with E-state index in [2.05, 4.69) is 0 Å². The van der Waals surface area contributed by atoms with E-state index >= 15 is 0 Å². The van der Waals surface area contributed by atoms with Gasteiger partial charge in [0, 0.05) is 26.2 Å². The lowest BCUT2D eigenvalue weighted by atomic mass is 10.1. The van der Waals surface area contributed by atoms with E-state index in [0.29, 0.717) is 48.9 Å². The second-order valence-corrected chi connectivity index (χ2v) is 6.51. The first-order chi connectivity index (χ1) is 14.1. The quantitative estimate of drug-likeness (QED) is 0.575. The summed E-state index contributed by atoms with van der Waals surface area (Å²) in [6, 6.07) is 13.8. The monoisotopic (exact) mass is 395 g/mol. The highest BCUT2D eigenvalue weighted by Gasteiger charge is 2.25. The Kier molecular flexibility index (Phi) is 6.35. The number of methoxy groups -OCH3 is 2. The van der Waals surface area contributed by atoms with Crippen LogP contribution in [0.15, 0.2) is 48.0 Å². The number of carbonyl (C=O) groups is 1. The van der Waals surface area contributed by atoms with Gasteiger partial charge in [0.25, 0.3) is 5.91 Å². The van der Waals surface area contributed by atoms with Gasteiger partial charge in [0.2, 0.25) is 0 Å². The average molecular weight is 395 g/mol. The highest BCUT2D eigenvalue weighted by atomic mass is 19.1. The summed E-state index contributed by atoms with van der Waals surface area (Å²) in [6.45, 7) is 1.83. The second-order valence-electron chi connectivity index (χ2n) is 6.51. The summed E-state index contributed by atoms with van der Waals surface area (Å²) in [5.74, 6) is 0.469. The summed E-state index contributed by atoms with van der Waals surface area (Å²) in [6.07, 6.45) is 1.54. The van der Waals surface area contributed by atoms with Crippen molar-refractivity contribution in [2.75, 3.05) is 45.3 Å². The molecule has 0 unspecified atom stereocenters. The van der Waals surface area contributed by atoms with Gasteiger partial charge in [-0.3, -0.25) is 4.79 Å². The second kappa shape index (κ2) is 9.11. The molecule has 2 aromatic rings. The molecular formula is C22H22FN3O3. The summed E-state index contributed by atoms with van der Waals surface area (Å²) in [5.41, 5.74) is 1.23. The standard InChI is InChI=1S/C22H22FN3O3/c1-28-20-8-7-16(14-21(20)29-2)13-17(15-24)22(27)26-11-9-25(10-12-26)19-6-4-3-5-18(19)23/h3-8,13-14H,9-12H2,1-2H3/b17-13+. The number of amides is 1. The molecule has 3 rings (SSSR count). The maximum Gasteiger partial charge on any atom is 0.264 e. The molecule has 6 nitrogen and oxygen atoms in total. The Bertz CT molecular complexity index is 960. The molecule has 1 aliphatic rings. The van der Waals surface area contributed by atoms with Crippen LogP contribution in [0.4, 0.5) is 10.1 Å². The van der Waals surface area contributed by atoms with Crippen LogP contribution in [0.2, 0.25) is 0 Å². The summed E-state index contributed by atoms with van der Waals surface area (Å²) in [7, 11) is 3.06. The Morgan fingerprint density at radius 3 is 2.38 bits per heavy atom. The van der Waals surface area contributed by atoms with E-state index in [-0.39, 0.29) is 17.3 Å². The van der Waals surface area contributed by atoms with Crippen LogP contribution in [-0.2, 0) is 4.79 Å². The van der Waals surface area contributed by atoms with E-state index in [4.69, 9.17) is 9.47 Å². The molecule has 1 saturated heterocycles. The van der Waals surface area contributed by atoms with Crippen LogP contribution < -0.4 is 14.4 Å². The van der Waals surface area contributed by atoms with Crippen molar-refractivity contribution in [2.24, 2.45) is 0 Å². The van der Waals surface area contributed by atoms with Gasteiger partial charge in [-0.25, -0.2) is 4.39 Å². The van der Waals surface area contributed by atoms with Crippen LogP contribution in [0, 0.1) is 17.1 Å². The molecular weight excluding hydrogens is 373 g/mol. The van der Waals surface area contributed by atoms with Crippen LogP contribution in [0.3, 0.4) is 0 Å². The Labute approximate surface area is 169 Å². The lowest BCUT2D eigenvalue weighted by Crippen LogP contribution is -2.49. The minimum atomic E-state index is -0.338. The molecule has 0 radical (unpaired) electrons. The molecule has 0 aromatic heterocycles. The van der Waals surface area contributed by atoms with E-state index in [9.17, 15) is 14.4 Å². The number of halogens is 1. The SMILES string of the molecule is COc1ccc(/C=C(\C#N)C(=O)N2CCN(c3ccccc3F)CC2)cc1OC. The van der Waals surface area contributed by atoms with Crippen molar-refractivity contribution < 1.29 is 18.7 Å². The zero-order valence-corrected chi connectivity index (χ0v) is 16.4. The number of nitriles is 1. The highest BCUT2D eigenvalue weighted by molar-refractivity contribution is 6.01. The molecule has 0 atom stereocenters. The van der Waals surface area contributed by atoms with Crippen molar-refractivity contribution in [2.45, 2.75) is 0 Å². The van der Waals surface area contributed by atoms with E-state index < -0.39 is 0 Å². The number of ether oxygens (including phenoxy) is 2. The fraction of sp³-hybridized carbons (Fsp3) is 0.273. The van der Waals surface area contributed by atoms with E-state index in [1.54, 1.807) is 48.4 Å². The molecule has 1 aliphatic heterocycles. The number of piperazine rings is 1. The van der Waals surface area contributed by atoms with Gasteiger partial charge >= 0.3 is 0 Å². The largest absolute Gasteiger partial charge is 0.493 e. The number of anilines is 1. The van der Waals surface area contributed by atoms with Gasteiger partial charge in [-0.1, -0.05) is 18.2 Å². The van der Waals surface area contributed by atoms with Crippen LogP contribution in [-0.4, -0.2) is 51.2 Å². The molecule has 0 saturated carbocycles. The first-order valence-electron chi connectivity index (χ1n) is 9.20. The van der Waals surface area contributed by atoms with Crippen molar-refractivity contribution in [3.05, 3.63) is 59.4 Å². The first-order valence-corrected chi connectivity index (χ1v) is 9.20. The predicted molar refractivity (Wildman–Crippen MR) is 108 cm³/mol. The highest BCUT2D eigenvalue weighted by Crippen LogP contribution is 2.28. The number of hydrogen-bond donors (Lipinski definition) is 0. The lowest BCUT2D eigenvalue weighted by molar-refractivity contribution is -0.126. The van der Waals surface area contributed by atoms with Crippen molar-refractivity contribution in [1.82, 2.24) is 4.90 Å². The number of rotatable bonds is 5.